The Morgan fingerprint density at radius 3 is 1.02 bits per heavy atom. The molecule has 0 radical (unpaired) electrons. The molecule has 25 rings (SSSR count). The van der Waals surface area contributed by atoms with Gasteiger partial charge >= 0.3 is 7.12 Å². The molecule has 0 unspecified atom stereocenters. The number of hydrogen-bond acceptors (Lipinski definition) is 6. The number of imidazole rings is 4. The molecule has 0 spiro atoms. The van der Waals surface area contributed by atoms with Crippen LogP contribution in [0.3, 0.4) is 0 Å². The Hall–Kier alpha value is -14.5. The monoisotopic (exact) mass is 1680 g/mol. The minimum atomic E-state index is -0.416. The molecule has 24 aromatic rings. The molecule has 1 N–H and O–H groups in total. The number of aromatic amines is 1. The standard InChI is InChI=1S/C31H27BN2O2.C31H20N2.C25H16Cl2N2.C25H15ClN2/c1-30(2)31(3,4)36-32(35-30)22-15-17-24-23-16-14-21(20-10-6-5-7-11-20)18-25(23)29-33-26-12-8-9-13-27(26)34(29)28(24)19-22;1-3-9-21(10-4-1)23-15-17-25-26-18-16-24(22-11-5-2-6-12-22)20-30(26)33-29-14-8-7-13-28(29)32-31(33)27(25)19-23;26-18-11-13-20(22(27)15-18)19-12-10-17(16-6-2-1-3-7-16)14-21(19)25-28-23-8-4-5-9-24(23)29-25;26-18-11-13-20-19-12-10-17(16-6-2-1-3-7-16)14-21(19)25-27-22-8-4-5-9-23(22)28(25)24(20)15-18/h5-19H,1-4H3;1-20H;1-15H,(H,28,29);1-15H. The summed E-state index contributed by atoms with van der Waals surface area (Å²) in [5, 5.41) is 12.6. The van der Waals surface area contributed by atoms with Crippen molar-refractivity contribution in [2.45, 2.75) is 38.9 Å². The van der Waals surface area contributed by atoms with E-state index in [1.165, 1.54) is 87.7 Å². The van der Waals surface area contributed by atoms with Crippen molar-refractivity contribution < 1.29 is 9.31 Å². The summed E-state index contributed by atoms with van der Waals surface area (Å²) in [6.45, 7) is 8.36. The molecular weight excluding hydrogens is 1610 g/mol. The minimum absolute atomic E-state index is 0.388. The lowest BCUT2D eigenvalue weighted by Crippen LogP contribution is -2.41. The fourth-order valence-electron chi connectivity index (χ4n) is 18.0. The van der Waals surface area contributed by atoms with Gasteiger partial charge in [0.05, 0.1) is 71.9 Å². The molecule has 0 saturated carbocycles. The van der Waals surface area contributed by atoms with E-state index >= 15 is 0 Å². The van der Waals surface area contributed by atoms with Gasteiger partial charge in [-0.05, 0) is 220 Å². The summed E-state index contributed by atoms with van der Waals surface area (Å²) in [7, 11) is -0.416. The number of rotatable bonds is 8. The number of hydrogen-bond donors (Lipinski definition) is 1. The Morgan fingerprint density at radius 2 is 0.587 bits per heavy atom. The second-order valence-electron chi connectivity index (χ2n) is 33.1. The molecule has 126 heavy (non-hydrogen) atoms. The van der Waals surface area contributed by atoms with Crippen molar-refractivity contribution in [1.82, 2.24) is 38.1 Å². The smallest absolute Gasteiger partial charge is 0.399 e. The van der Waals surface area contributed by atoms with Crippen LogP contribution in [0.4, 0.5) is 0 Å². The first-order chi connectivity index (χ1) is 61.7. The number of para-hydroxylation sites is 8. The van der Waals surface area contributed by atoms with Gasteiger partial charge in [0.2, 0.25) is 0 Å². The normalized spacial score (nSPS) is 13.1. The second kappa shape index (κ2) is 31.7. The van der Waals surface area contributed by atoms with Gasteiger partial charge in [-0.25, -0.2) is 19.9 Å². The Labute approximate surface area is 741 Å². The zero-order chi connectivity index (χ0) is 84.9. The second-order valence-corrected chi connectivity index (χ2v) is 34.4. The molecule has 0 bridgehead atoms. The number of fused-ring (bicyclic) bond motifs is 25. The highest BCUT2D eigenvalue weighted by atomic mass is 35.5. The number of halogens is 3. The topological polar surface area (TPSA) is 99.0 Å². The fraction of sp³-hybridized carbons (Fsp3) is 0.0536. The summed E-state index contributed by atoms with van der Waals surface area (Å²) in [6, 6.07) is 137. The molecule has 1 aliphatic heterocycles. The fourth-order valence-corrected chi connectivity index (χ4v) is 18.7. The van der Waals surface area contributed by atoms with E-state index in [9.17, 15) is 0 Å². The number of H-pyrrole nitrogens is 1. The summed E-state index contributed by atoms with van der Waals surface area (Å²) in [6.07, 6.45) is 0. The van der Waals surface area contributed by atoms with Crippen molar-refractivity contribution in [2.24, 2.45) is 0 Å². The molecular formula is C112H78BCl3N8O2. The van der Waals surface area contributed by atoms with E-state index in [1.54, 1.807) is 6.07 Å². The third-order valence-corrected chi connectivity index (χ3v) is 25.8. The molecule has 14 heteroatoms. The van der Waals surface area contributed by atoms with Gasteiger partial charge in [0, 0.05) is 58.5 Å². The number of nitrogens with zero attached hydrogens (tertiary/aromatic N) is 7. The maximum atomic E-state index is 6.54. The van der Waals surface area contributed by atoms with Crippen LogP contribution in [-0.4, -0.2) is 56.4 Å². The zero-order valence-corrected chi connectivity index (χ0v) is 71.5. The van der Waals surface area contributed by atoms with Crippen LogP contribution in [0, 0.1) is 0 Å². The van der Waals surface area contributed by atoms with Crippen LogP contribution >= 0.6 is 34.8 Å². The van der Waals surface area contributed by atoms with Gasteiger partial charge in [-0.1, -0.05) is 320 Å². The van der Waals surface area contributed by atoms with Crippen LogP contribution in [0.25, 0.3) is 204 Å². The molecule has 0 amide bonds. The molecule has 1 aliphatic rings. The van der Waals surface area contributed by atoms with Crippen molar-refractivity contribution in [3.63, 3.8) is 0 Å². The maximum absolute atomic E-state index is 6.54. The third kappa shape index (κ3) is 13.9. The Bertz CT molecular complexity index is 8360. The van der Waals surface area contributed by atoms with Gasteiger partial charge in [-0.15, -0.1) is 0 Å². The Morgan fingerprint density at radius 1 is 0.254 bits per heavy atom. The highest BCUT2D eigenvalue weighted by molar-refractivity contribution is 6.62. The van der Waals surface area contributed by atoms with Crippen LogP contribution in [0.5, 0.6) is 0 Å². The molecule has 7 aromatic heterocycles. The van der Waals surface area contributed by atoms with Gasteiger partial charge in [0.1, 0.15) is 22.8 Å². The summed E-state index contributed by atoms with van der Waals surface area (Å²) in [5.74, 6) is 0.810. The van der Waals surface area contributed by atoms with Crippen molar-refractivity contribution in [2.75, 3.05) is 0 Å². The first-order valence-corrected chi connectivity index (χ1v) is 43.4. The molecule has 1 fully saturated rings. The average molecular weight is 1690 g/mol. The molecule has 10 nitrogen and oxygen atoms in total. The van der Waals surface area contributed by atoms with Gasteiger partial charge in [-0.2, -0.15) is 0 Å². The molecule has 17 aromatic carbocycles. The Kier molecular flexibility index (Phi) is 19.5. The Balaban J connectivity index is 0.0000000999. The zero-order valence-electron chi connectivity index (χ0n) is 69.2. The average Bonchev–Trinajstić information content (AvgIpc) is 1.51. The van der Waals surface area contributed by atoms with E-state index in [4.69, 9.17) is 64.0 Å². The molecule has 602 valence electrons. The maximum Gasteiger partial charge on any atom is 0.494 e. The number of pyridine rings is 3. The summed E-state index contributed by atoms with van der Waals surface area (Å²) in [5.41, 5.74) is 29.6. The molecule has 1 saturated heterocycles. The summed E-state index contributed by atoms with van der Waals surface area (Å²) < 4.78 is 19.6. The highest BCUT2D eigenvalue weighted by Crippen LogP contribution is 2.44. The highest BCUT2D eigenvalue weighted by Gasteiger charge is 2.52. The van der Waals surface area contributed by atoms with Crippen LogP contribution in [0.1, 0.15) is 27.7 Å². The lowest BCUT2D eigenvalue weighted by atomic mass is 9.78. The van der Waals surface area contributed by atoms with Gasteiger partial charge in [0.25, 0.3) is 0 Å². The lowest BCUT2D eigenvalue weighted by molar-refractivity contribution is 0.00578. The number of nitrogens with one attached hydrogen (secondary N) is 1. The van der Waals surface area contributed by atoms with Gasteiger partial charge in [0.15, 0.2) is 0 Å². The molecule has 8 heterocycles. The minimum Gasteiger partial charge on any atom is -0.399 e. The van der Waals surface area contributed by atoms with Crippen molar-refractivity contribution in [3.8, 4) is 78.1 Å². The van der Waals surface area contributed by atoms with Crippen molar-refractivity contribution >= 4 is 173 Å². The van der Waals surface area contributed by atoms with E-state index in [-0.39, 0.29) is 11.2 Å². The summed E-state index contributed by atoms with van der Waals surface area (Å²) in [4.78, 5) is 23.5. The lowest BCUT2D eigenvalue weighted by Gasteiger charge is -2.32. The molecule has 0 aliphatic carbocycles. The van der Waals surface area contributed by atoms with E-state index in [0.717, 1.165) is 127 Å². The molecule has 0 atom stereocenters. The van der Waals surface area contributed by atoms with E-state index < -0.39 is 7.12 Å². The number of aromatic nitrogens is 8. The van der Waals surface area contributed by atoms with Crippen LogP contribution in [0.15, 0.2) is 394 Å². The van der Waals surface area contributed by atoms with Crippen molar-refractivity contribution in [3.05, 3.63) is 409 Å². The number of benzene rings is 17. The van der Waals surface area contributed by atoms with Gasteiger partial charge < -0.3 is 14.3 Å². The van der Waals surface area contributed by atoms with Crippen molar-refractivity contribution in [1.29, 1.82) is 0 Å². The van der Waals surface area contributed by atoms with E-state index in [0.29, 0.717) is 10.0 Å². The van der Waals surface area contributed by atoms with E-state index in [1.807, 2.05) is 84.9 Å². The SMILES string of the molecule is CC1(C)OB(c2ccc3c4ccc(-c5ccccc5)cc4c4nc5ccccc5n4c3c2)OC1(C)C.Clc1ccc(-c2ccc(-c3ccccc3)cc2-c2nc3ccccc3[nH]2)c(Cl)c1.Clc1ccc2c3ccc(-c4ccccc4)cc3c3nc4ccccc4n3c2c1.c1ccc(-c2ccc3c4ccc(-c5ccccc5)cc4n4c5ccccc5nc4c3c2)cc1. The van der Waals surface area contributed by atoms with Crippen LogP contribution in [0.2, 0.25) is 15.1 Å². The predicted molar refractivity (Wildman–Crippen MR) is 528 cm³/mol. The first kappa shape index (κ1) is 77.5. The van der Waals surface area contributed by atoms with Gasteiger partial charge in [-0.3, -0.25) is 13.2 Å². The van der Waals surface area contributed by atoms with Crippen LogP contribution < -0.4 is 5.46 Å². The largest absolute Gasteiger partial charge is 0.494 e. The van der Waals surface area contributed by atoms with Crippen LogP contribution in [-0.2, 0) is 9.31 Å². The predicted octanol–water partition coefficient (Wildman–Crippen LogP) is 29.9. The summed E-state index contributed by atoms with van der Waals surface area (Å²) >= 11 is 19.0. The first-order valence-electron chi connectivity index (χ1n) is 42.3. The quantitative estimate of drug-likeness (QED) is 0.120. The third-order valence-electron chi connectivity index (χ3n) is 25.0. The van der Waals surface area contributed by atoms with E-state index in [2.05, 4.69) is 349 Å².